The third-order valence-electron chi connectivity index (χ3n) is 4.01. The average molecular weight is 440 g/mol. The van der Waals surface area contributed by atoms with Gasteiger partial charge >= 0.3 is 0 Å². The number of morpholine rings is 1. The number of nitrogens with one attached hydrogen (secondary N) is 2. The molecular formula is C17H37IN4O. The zero-order valence-corrected chi connectivity index (χ0v) is 17.8. The maximum absolute atomic E-state index is 5.77. The van der Waals surface area contributed by atoms with E-state index >= 15 is 0 Å². The van der Waals surface area contributed by atoms with Crippen molar-refractivity contribution in [2.24, 2.45) is 4.99 Å². The molecular weight excluding hydrogens is 403 g/mol. The van der Waals surface area contributed by atoms with Crippen LogP contribution in [0.4, 0.5) is 0 Å². The topological polar surface area (TPSA) is 48.9 Å². The Kier molecular flexibility index (Phi) is 14.2. The summed E-state index contributed by atoms with van der Waals surface area (Å²) in [5.74, 6) is 0.919. The van der Waals surface area contributed by atoms with Crippen molar-refractivity contribution in [3.63, 3.8) is 0 Å². The van der Waals surface area contributed by atoms with Crippen LogP contribution < -0.4 is 10.6 Å². The molecule has 0 spiro atoms. The lowest BCUT2D eigenvalue weighted by Crippen LogP contribution is -2.44. The van der Waals surface area contributed by atoms with E-state index in [1.165, 1.54) is 32.1 Å². The Labute approximate surface area is 160 Å². The van der Waals surface area contributed by atoms with Crippen molar-refractivity contribution in [1.82, 2.24) is 15.5 Å². The molecule has 0 radical (unpaired) electrons. The lowest BCUT2D eigenvalue weighted by Gasteiger charge is -2.29. The van der Waals surface area contributed by atoms with Crippen LogP contribution in [0.15, 0.2) is 4.99 Å². The number of nitrogens with zero attached hydrogens (tertiary/aromatic N) is 2. The van der Waals surface area contributed by atoms with Gasteiger partial charge in [0.1, 0.15) is 0 Å². The van der Waals surface area contributed by atoms with E-state index in [4.69, 9.17) is 9.73 Å². The summed E-state index contributed by atoms with van der Waals surface area (Å²) in [7, 11) is 2.14. The number of ether oxygens (including phenoxy) is 1. The average Bonchev–Trinajstić information content (AvgIpc) is 2.49. The van der Waals surface area contributed by atoms with E-state index < -0.39 is 0 Å². The van der Waals surface area contributed by atoms with Gasteiger partial charge in [-0.05, 0) is 27.3 Å². The molecule has 2 unspecified atom stereocenters. The van der Waals surface area contributed by atoms with Gasteiger partial charge in [-0.3, -0.25) is 4.99 Å². The largest absolute Gasteiger partial charge is 0.374 e. The summed E-state index contributed by atoms with van der Waals surface area (Å²) in [5, 5.41) is 6.85. The molecule has 1 aliphatic heterocycles. The number of likely N-dealkylation sites (N-methyl/N-ethyl adjacent to an activating group) is 1. The zero-order valence-electron chi connectivity index (χ0n) is 15.4. The summed E-state index contributed by atoms with van der Waals surface area (Å²) in [6, 6.07) is 0.463. The molecule has 0 saturated carbocycles. The molecule has 1 saturated heterocycles. The summed E-state index contributed by atoms with van der Waals surface area (Å²) in [5.41, 5.74) is 0. The van der Waals surface area contributed by atoms with Crippen LogP contribution in [-0.2, 0) is 4.74 Å². The number of hydrogen-bond donors (Lipinski definition) is 2. The second kappa shape index (κ2) is 14.3. The van der Waals surface area contributed by atoms with Crippen molar-refractivity contribution >= 4 is 29.9 Å². The molecule has 0 aromatic rings. The zero-order chi connectivity index (χ0) is 16.2. The van der Waals surface area contributed by atoms with E-state index in [0.29, 0.717) is 6.04 Å². The molecule has 1 rings (SSSR count). The SMILES string of the molecule is CCCCCCC(C)NC(=NCC1CN(C)CCO1)NCC.I. The van der Waals surface area contributed by atoms with E-state index in [-0.39, 0.29) is 30.1 Å². The summed E-state index contributed by atoms with van der Waals surface area (Å²) >= 11 is 0. The van der Waals surface area contributed by atoms with Crippen molar-refractivity contribution < 1.29 is 4.74 Å². The Morgan fingerprint density at radius 3 is 2.74 bits per heavy atom. The second-order valence-electron chi connectivity index (χ2n) is 6.37. The quantitative estimate of drug-likeness (QED) is 0.251. The van der Waals surface area contributed by atoms with Crippen LogP contribution >= 0.6 is 24.0 Å². The smallest absolute Gasteiger partial charge is 0.191 e. The fraction of sp³-hybridized carbons (Fsp3) is 0.941. The van der Waals surface area contributed by atoms with Crippen LogP contribution in [-0.4, -0.2) is 62.8 Å². The molecule has 1 fully saturated rings. The Bertz CT molecular complexity index is 315. The number of unbranched alkanes of at least 4 members (excludes halogenated alkanes) is 3. The van der Waals surface area contributed by atoms with Gasteiger partial charge in [-0.1, -0.05) is 32.6 Å². The molecule has 6 heteroatoms. The number of guanidine groups is 1. The molecule has 0 aliphatic carbocycles. The minimum absolute atomic E-state index is 0. The molecule has 23 heavy (non-hydrogen) atoms. The number of hydrogen-bond acceptors (Lipinski definition) is 3. The van der Waals surface area contributed by atoms with Crippen LogP contribution in [0.1, 0.15) is 52.9 Å². The van der Waals surface area contributed by atoms with Crippen LogP contribution in [0.25, 0.3) is 0 Å². The summed E-state index contributed by atoms with van der Waals surface area (Å²) in [6.07, 6.45) is 6.67. The van der Waals surface area contributed by atoms with Crippen molar-refractivity contribution in [3.8, 4) is 0 Å². The van der Waals surface area contributed by atoms with Crippen molar-refractivity contribution in [1.29, 1.82) is 0 Å². The third-order valence-corrected chi connectivity index (χ3v) is 4.01. The Balaban J connectivity index is 0.00000484. The van der Waals surface area contributed by atoms with Crippen LogP contribution in [0, 0.1) is 0 Å². The van der Waals surface area contributed by atoms with E-state index in [9.17, 15) is 0 Å². The first-order valence-corrected chi connectivity index (χ1v) is 9.00. The number of halogens is 1. The van der Waals surface area contributed by atoms with Gasteiger partial charge in [-0.2, -0.15) is 0 Å². The molecule has 0 aromatic heterocycles. The monoisotopic (exact) mass is 440 g/mol. The van der Waals surface area contributed by atoms with Crippen LogP contribution in [0.2, 0.25) is 0 Å². The maximum atomic E-state index is 5.77. The summed E-state index contributed by atoms with van der Waals surface area (Å²) < 4.78 is 5.77. The molecule has 138 valence electrons. The first kappa shape index (κ1) is 22.9. The van der Waals surface area contributed by atoms with Gasteiger partial charge in [0.2, 0.25) is 0 Å². The predicted molar refractivity (Wildman–Crippen MR) is 110 cm³/mol. The molecule has 0 bridgehead atoms. The van der Waals surface area contributed by atoms with Crippen LogP contribution in [0.3, 0.4) is 0 Å². The lowest BCUT2D eigenvalue weighted by atomic mass is 10.1. The van der Waals surface area contributed by atoms with Crippen molar-refractivity contribution in [3.05, 3.63) is 0 Å². The van der Waals surface area contributed by atoms with E-state index in [1.54, 1.807) is 0 Å². The molecule has 5 nitrogen and oxygen atoms in total. The maximum Gasteiger partial charge on any atom is 0.191 e. The minimum Gasteiger partial charge on any atom is -0.374 e. The van der Waals surface area contributed by atoms with Gasteiger partial charge in [0.15, 0.2) is 5.96 Å². The highest BCUT2D eigenvalue weighted by Gasteiger charge is 2.17. The fourth-order valence-electron chi connectivity index (χ4n) is 2.67. The van der Waals surface area contributed by atoms with Crippen LogP contribution in [0.5, 0.6) is 0 Å². The molecule has 2 atom stereocenters. The highest BCUT2D eigenvalue weighted by molar-refractivity contribution is 14.0. The summed E-state index contributed by atoms with van der Waals surface area (Å²) in [6.45, 7) is 11.0. The molecule has 2 N–H and O–H groups in total. The fourth-order valence-corrected chi connectivity index (χ4v) is 2.67. The van der Waals surface area contributed by atoms with Gasteiger partial charge in [-0.25, -0.2) is 0 Å². The van der Waals surface area contributed by atoms with E-state index in [1.807, 2.05) is 0 Å². The summed E-state index contributed by atoms with van der Waals surface area (Å²) in [4.78, 5) is 7.00. The number of aliphatic imine (C=N–C) groups is 1. The van der Waals surface area contributed by atoms with Crippen molar-refractivity contribution in [2.75, 3.05) is 39.8 Å². The normalized spacial score (nSPS) is 20.7. The molecule has 0 aromatic carbocycles. The standard InChI is InChI=1S/C17H36N4O.HI/c1-5-7-8-9-10-15(3)20-17(18-6-2)19-13-16-14-21(4)11-12-22-16;/h15-16H,5-14H2,1-4H3,(H2,18,19,20);1H. The van der Waals surface area contributed by atoms with E-state index in [0.717, 1.165) is 38.7 Å². The minimum atomic E-state index is 0. The van der Waals surface area contributed by atoms with Gasteiger partial charge in [0.25, 0.3) is 0 Å². The van der Waals surface area contributed by atoms with Crippen molar-refractivity contribution in [2.45, 2.75) is 65.0 Å². The first-order valence-electron chi connectivity index (χ1n) is 9.00. The molecule has 1 aliphatic rings. The van der Waals surface area contributed by atoms with Gasteiger partial charge in [0, 0.05) is 25.7 Å². The van der Waals surface area contributed by atoms with Gasteiger partial charge in [0.05, 0.1) is 19.3 Å². The Morgan fingerprint density at radius 1 is 1.30 bits per heavy atom. The second-order valence-corrected chi connectivity index (χ2v) is 6.37. The first-order chi connectivity index (χ1) is 10.7. The molecule has 0 amide bonds. The Hall–Kier alpha value is -0.0800. The van der Waals surface area contributed by atoms with Gasteiger partial charge < -0.3 is 20.3 Å². The predicted octanol–water partition coefficient (Wildman–Crippen LogP) is 2.85. The lowest BCUT2D eigenvalue weighted by molar-refractivity contribution is -0.0136. The Morgan fingerprint density at radius 2 is 2.09 bits per heavy atom. The third kappa shape index (κ3) is 11.2. The van der Waals surface area contributed by atoms with E-state index in [2.05, 4.69) is 43.4 Å². The number of rotatable bonds is 9. The highest BCUT2D eigenvalue weighted by atomic mass is 127. The molecule has 1 heterocycles. The highest BCUT2D eigenvalue weighted by Crippen LogP contribution is 2.06. The van der Waals surface area contributed by atoms with Gasteiger partial charge in [-0.15, -0.1) is 24.0 Å².